The summed E-state index contributed by atoms with van der Waals surface area (Å²) in [7, 11) is 1.44. The van der Waals surface area contributed by atoms with Crippen LogP contribution in [0.25, 0.3) is 0 Å². The molecule has 0 aliphatic rings. The Bertz CT molecular complexity index is 420. The van der Waals surface area contributed by atoms with Crippen molar-refractivity contribution in [2.24, 2.45) is 5.73 Å². The number of carboxylic acids is 1. The van der Waals surface area contributed by atoms with Crippen molar-refractivity contribution in [1.29, 1.82) is 0 Å². The van der Waals surface area contributed by atoms with E-state index in [0.717, 1.165) is 5.56 Å². The van der Waals surface area contributed by atoms with E-state index in [-0.39, 0.29) is 6.42 Å². The van der Waals surface area contributed by atoms with Gasteiger partial charge in [0.25, 0.3) is 0 Å². The van der Waals surface area contributed by atoms with Gasteiger partial charge in [-0.3, -0.25) is 4.79 Å². The zero-order chi connectivity index (χ0) is 13.0. The van der Waals surface area contributed by atoms with Gasteiger partial charge in [0.1, 0.15) is 11.6 Å². The second-order valence-electron chi connectivity index (χ2n) is 3.73. The summed E-state index contributed by atoms with van der Waals surface area (Å²) in [5, 5.41) is 8.70. The molecule has 0 aliphatic carbocycles. The number of hydrogen-bond donors (Lipinski definition) is 2. The van der Waals surface area contributed by atoms with Gasteiger partial charge in [0.2, 0.25) is 0 Å². The lowest BCUT2D eigenvalue weighted by Crippen LogP contribution is -2.17. The molecule has 0 radical (unpaired) electrons. The van der Waals surface area contributed by atoms with E-state index >= 15 is 0 Å². The maximum atomic E-state index is 13.3. The molecule has 0 saturated carbocycles. The lowest BCUT2D eigenvalue weighted by molar-refractivity contribution is -0.137. The molecule has 1 aromatic rings. The Morgan fingerprint density at radius 2 is 2.24 bits per heavy atom. The number of nitrogens with two attached hydrogens (primary N) is 1. The van der Waals surface area contributed by atoms with Gasteiger partial charge >= 0.3 is 5.97 Å². The van der Waals surface area contributed by atoms with Gasteiger partial charge < -0.3 is 15.6 Å². The Morgan fingerprint density at radius 1 is 1.59 bits per heavy atom. The monoisotopic (exact) mass is 241 g/mol. The van der Waals surface area contributed by atoms with Gasteiger partial charge in [0.05, 0.1) is 13.5 Å². The molecule has 0 spiro atoms. The molecule has 0 aromatic heterocycles. The predicted octanol–water partition coefficient (Wildman–Crippen LogP) is 1.87. The molecule has 0 fully saturated rings. The van der Waals surface area contributed by atoms with Crippen LogP contribution in [0.3, 0.4) is 0 Å². The first-order valence-corrected chi connectivity index (χ1v) is 5.33. The first-order valence-electron chi connectivity index (χ1n) is 5.33. The zero-order valence-corrected chi connectivity index (χ0v) is 9.87. The van der Waals surface area contributed by atoms with Gasteiger partial charge in [-0.05, 0) is 23.6 Å². The number of benzene rings is 1. The van der Waals surface area contributed by atoms with Gasteiger partial charge in [-0.1, -0.05) is 6.92 Å². The second-order valence-corrected chi connectivity index (χ2v) is 3.73. The Kier molecular flexibility index (Phi) is 4.45. The van der Waals surface area contributed by atoms with E-state index in [0.29, 0.717) is 17.7 Å². The summed E-state index contributed by atoms with van der Waals surface area (Å²) in [5.41, 5.74) is 7.01. The smallest absolute Gasteiger partial charge is 0.305 e. The lowest BCUT2D eigenvalue weighted by Gasteiger charge is -2.17. The largest absolute Gasteiger partial charge is 0.496 e. The van der Waals surface area contributed by atoms with Crippen molar-refractivity contribution in [3.05, 3.63) is 29.1 Å². The van der Waals surface area contributed by atoms with Crippen LogP contribution in [-0.4, -0.2) is 18.2 Å². The third-order valence-electron chi connectivity index (χ3n) is 2.58. The third-order valence-corrected chi connectivity index (χ3v) is 2.58. The average Bonchev–Trinajstić information content (AvgIpc) is 2.26. The molecule has 1 atom stereocenters. The highest BCUT2D eigenvalue weighted by Gasteiger charge is 2.18. The fraction of sp³-hybridized carbons (Fsp3) is 0.417. The van der Waals surface area contributed by atoms with Crippen LogP contribution in [0.1, 0.15) is 30.5 Å². The summed E-state index contributed by atoms with van der Waals surface area (Å²) >= 11 is 0. The van der Waals surface area contributed by atoms with Crippen LogP contribution in [0.2, 0.25) is 0 Å². The van der Waals surface area contributed by atoms with Crippen LogP contribution < -0.4 is 10.5 Å². The Labute approximate surface area is 99.2 Å². The molecule has 1 aromatic carbocycles. The second kappa shape index (κ2) is 5.63. The number of ether oxygens (including phenoxy) is 1. The topological polar surface area (TPSA) is 72.5 Å². The van der Waals surface area contributed by atoms with E-state index in [2.05, 4.69) is 0 Å². The van der Waals surface area contributed by atoms with Gasteiger partial charge in [0, 0.05) is 12.1 Å². The molecule has 0 saturated heterocycles. The molecule has 1 unspecified atom stereocenters. The molecule has 17 heavy (non-hydrogen) atoms. The molecule has 0 amide bonds. The first-order chi connectivity index (χ1) is 7.99. The predicted molar refractivity (Wildman–Crippen MR) is 61.5 cm³/mol. The molecule has 0 heterocycles. The van der Waals surface area contributed by atoms with Crippen molar-refractivity contribution in [3.63, 3.8) is 0 Å². The fourth-order valence-electron chi connectivity index (χ4n) is 1.82. The molecule has 94 valence electrons. The average molecular weight is 241 g/mol. The maximum absolute atomic E-state index is 13.3. The standard InChI is InChI=1S/C12H16FNO3/c1-3-8-9(10(14)6-12(15)16)4-7(13)5-11(8)17-2/h4-5,10H,3,6,14H2,1-2H3,(H,15,16). The summed E-state index contributed by atoms with van der Waals surface area (Å²) in [6.45, 7) is 1.88. The van der Waals surface area contributed by atoms with Crippen LogP contribution in [0.4, 0.5) is 4.39 Å². The first kappa shape index (κ1) is 13.4. The number of hydrogen-bond acceptors (Lipinski definition) is 3. The SMILES string of the molecule is CCc1c(OC)cc(F)cc1C(N)CC(=O)O. The minimum absolute atomic E-state index is 0.237. The summed E-state index contributed by atoms with van der Waals surface area (Å²) in [5.74, 6) is -1.08. The van der Waals surface area contributed by atoms with Crippen molar-refractivity contribution in [2.45, 2.75) is 25.8 Å². The van der Waals surface area contributed by atoms with E-state index in [1.165, 1.54) is 19.2 Å². The maximum Gasteiger partial charge on any atom is 0.305 e. The zero-order valence-electron chi connectivity index (χ0n) is 9.87. The van der Waals surface area contributed by atoms with Crippen LogP contribution in [0.5, 0.6) is 5.75 Å². The molecule has 4 nitrogen and oxygen atoms in total. The number of aliphatic carboxylic acids is 1. The molecular weight excluding hydrogens is 225 g/mol. The molecular formula is C12H16FNO3. The third kappa shape index (κ3) is 3.17. The summed E-state index contributed by atoms with van der Waals surface area (Å²) in [6.07, 6.45) is 0.367. The van der Waals surface area contributed by atoms with Gasteiger partial charge in [0.15, 0.2) is 0 Å². The van der Waals surface area contributed by atoms with Crippen molar-refractivity contribution < 1.29 is 19.0 Å². The van der Waals surface area contributed by atoms with E-state index in [1.54, 1.807) is 0 Å². The fourth-order valence-corrected chi connectivity index (χ4v) is 1.82. The van der Waals surface area contributed by atoms with E-state index in [1.807, 2.05) is 6.92 Å². The normalized spacial score (nSPS) is 12.2. The Morgan fingerprint density at radius 3 is 2.71 bits per heavy atom. The number of carbonyl (C=O) groups is 1. The quantitative estimate of drug-likeness (QED) is 0.825. The van der Waals surface area contributed by atoms with Crippen LogP contribution in [0, 0.1) is 5.82 Å². The van der Waals surface area contributed by atoms with E-state index in [9.17, 15) is 9.18 Å². The van der Waals surface area contributed by atoms with Crippen LogP contribution in [0.15, 0.2) is 12.1 Å². The number of carboxylic acid groups (broad SMARTS) is 1. The van der Waals surface area contributed by atoms with Crippen LogP contribution in [-0.2, 0) is 11.2 Å². The van der Waals surface area contributed by atoms with Crippen molar-refractivity contribution >= 4 is 5.97 Å². The molecule has 0 bridgehead atoms. The van der Waals surface area contributed by atoms with Crippen molar-refractivity contribution in [3.8, 4) is 5.75 Å². The van der Waals surface area contributed by atoms with Gasteiger partial charge in [-0.15, -0.1) is 0 Å². The minimum Gasteiger partial charge on any atom is -0.496 e. The summed E-state index contributed by atoms with van der Waals surface area (Å²) in [6, 6.07) is 1.82. The summed E-state index contributed by atoms with van der Waals surface area (Å²) < 4.78 is 18.4. The Balaban J connectivity index is 3.20. The van der Waals surface area contributed by atoms with E-state index < -0.39 is 17.8 Å². The van der Waals surface area contributed by atoms with Gasteiger partial charge in [-0.25, -0.2) is 4.39 Å². The molecule has 5 heteroatoms. The van der Waals surface area contributed by atoms with Crippen molar-refractivity contribution in [1.82, 2.24) is 0 Å². The molecule has 3 N–H and O–H groups in total. The minimum atomic E-state index is -1.01. The number of rotatable bonds is 5. The number of methoxy groups -OCH3 is 1. The van der Waals surface area contributed by atoms with Gasteiger partial charge in [-0.2, -0.15) is 0 Å². The summed E-state index contributed by atoms with van der Waals surface area (Å²) in [4.78, 5) is 10.6. The molecule has 1 rings (SSSR count). The number of halogens is 1. The highest BCUT2D eigenvalue weighted by atomic mass is 19.1. The van der Waals surface area contributed by atoms with Crippen molar-refractivity contribution in [2.75, 3.05) is 7.11 Å². The highest BCUT2D eigenvalue weighted by Crippen LogP contribution is 2.29. The van der Waals surface area contributed by atoms with E-state index in [4.69, 9.17) is 15.6 Å². The Hall–Kier alpha value is -1.62. The van der Waals surface area contributed by atoms with Crippen LogP contribution >= 0.6 is 0 Å². The molecule has 0 aliphatic heterocycles. The highest BCUT2D eigenvalue weighted by molar-refractivity contribution is 5.68. The lowest BCUT2D eigenvalue weighted by atomic mass is 9.96.